The standard InChI is InChI=1S/C25H26Cl2N6O17P4/c1-25(2)10-5-9(3-4-12(10)29-13-6-11(26)20(35)18(27)17(13)25)47-52(39,40)49-54(43,44)50-53(41,42)48-51(37,38)45-8-16-14(34)7-15(46-16)21-30-19-22(31-21)32-24(28)33-23(19)36/h3-6,14-16,34H,7-8H2,1-2H3,(H,37,38)(H,39,40)(H,41,42)(H,43,44)(H4,28,30,31,32,33,36)/p-4/t14?,15?,16-/m1/s1. The molecule has 1 aliphatic carbocycles. The molecule has 29 heteroatoms. The molecule has 0 bridgehead atoms. The summed E-state index contributed by atoms with van der Waals surface area (Å²) in [6.45, 7) is 2.13. The maximum Gasteiger partial charge on any atom is 0.326 e. The van der Waals surface area contributed by atoms with Crippen molar-refractivity contribution in [1.82, 2.24) is 19.9 Å². The van der Waals surface area contributed by atoms with Crippen molar-refractivity contribution in [3.63, 3.8) is 0 Å². The van der Waals surface area contributed by atoms with Crippen molar-refractivity contribution in [2.45, 2.75) is 44.0 Å². The first kappa shape index (κ1) is 40.7. The second-order valence-electron chi connectivity index (χ2n) is 12.0. The smallest absolute Gasteiger partial charge is 0.326 e. The van der Waals surface area contributed by atoms with Crippen LogP contribution in [0.5, 0.6) is 5.75 Å². The van der Waals surface area contributed by atoms with Crippen LogP contribution >= 0.6 is 54.5 Å². The molecule has 0 amide bonds. The number of Topliss-reactive ketones (excluding diaryl/α,β-unsaturated/α-hetero) is 1. The number of aromatic amines is 2. The zero-order valence-electron chi connectivity index (χ0n) is 26.9. The predicted octanol–water partition coefficient (Wildman–Crippen LogP) is 1.00. The average Bonchev–Trinajstić information content (AvgIpc) is 3.60. The topological polar surface area (TPSA) is 366 Å². The monoisotopic (exact) mass is 872 g/mol. The van der Waals surface area contributed by atoms with Gasteiger partial charge in [-0.15, -0.1) is 0 Å². The lowest BCUT2D eigenvalue weighted by atomic mass is 9.71. The van der Waals surface area contributed by atoms with Crippen LogP contribution < -0.4 is 35.4 Å². The SMILES string of the molecule is CC1(C)C2=C(Cl)C(=O)C(Cl)=CC2=Nc2ccc(OP(=O)([O-])OP(=O)([O-])OP(=O)([O-])OP(=O)([O-])OC[C@H]3OC(c4nc5nc(N)[nH]c(=O)c5[nH]4)CC3O)cc21. The van der Waals surface area contributed by atoms with E-state index in [1.807, 2.05) is 0 Å². The molecule has 0 spiro atoms. The van der Waals surface area contributed by atoms with E-state index in [9.17, 15) is 52.5 Å². The van der Waals surface area contributed by atoms with E-state index in [1.165, 1.54) is 12.1 Å². The van der Waals surface area contributed by atoms with Crippen molar-refractivity contribution in [2.75, 3.05) is 12.3 Å². The Bertz CT molecular complexity index is 2450. The molecular formula is C25H22Cl2N6O17P4-4. The molecule has 2 aromatic heterocycles. The number of H-pyrrole nitrogens is 2. The van der Waals surface area contributed by atoms with Gasteiger partial charge in [0.15, 0.2) is 11.2 Å². The molecule has 0 saturated carbocycles. The van der Waals surface area contributed by atoms with Crippen LogP contribution in [0.1, 0.15) is 37.8 Å². The molecule has 3 aromatic rings. The third-order valence-electron chi connectivity index (χ3n) is 7.80. The molecule has 3 aliphatic rings. The Morgan fingerprint density at radius 3 is 2.33 bits per heavy atom. The molecule has 1 aromatic carbocycles. The number of anilines is 1. The number of nitrogens with two attached hydrogens (primary N) is 1. The quantitative estimate of drug-likeness (QED) is 0.146. The van der Waals surface area contributed by atoms with E-state index in [2.05, 4.69) is 46.9 Å². The lowest BCUT2D eigenvalue weighted by Crippen LogP contribution is -2.32. The maximum atomic E-state index is 12.5. The summed E-state index contributed by atoms with van der Waals surface area (Å²) in [5.41, 5.74) is 4.55. The van der Waals surface area contributed by atoms with Gasteiger partial charge in [0.2, 0.25) is 11.7 Å². The summed E-state index contributed by atoms with van der Waals surface area (Å²) in [7, 11) is -25.2. The summed E-state index contributed by atoms with van der Waals surface area (Å²) in [5.74, 6) is -1.49. The van der Waals surface area contributed by atoms with Crippen LogP contribution in [-0.4, -0.2) is 55.4 Å². The maximum absolute atomic E-state index is 12.5. The first-order valence-electron chi connectivity index (χ1n) is 14.7. The van der Waals surface area contributed by atoms with E-state index in [0.29, 0.717) is 0 Å². The van der Waals surface area contributed by atoms with Gasteiger partial charge in [0.05, 0.1) is 34.2 Å². The number of carbonyl (C=O) groups excluding carboxylic acids is 1. The number of hydrogen-bond acceptors (Lipinski definition) is 21. The Hall–Kier alpha value is -2.91. The Kier molecular flexibility index (Phi) is 10.7. The van der Waals surface area contributed by atoms with Crippen molar-refractivity contribution < 1.29 is 74.5 Å². The number of halogens is 2. The first-order valence-corrected chi connectivity index (χ1v) is 21.3. The highest BCUT2D eigenvalue weighted by Crippen LogP contribution is 2.67. The minimum Gasteiger partial charge on any atom is -0.756 e. The van der Waals surface area contributed by atoms with Crippen LogP contribution in [0.2, 0.25) is 0 Å². The highest BCUT2D eigenvalue weighted by molar-refractivity contribution is 7.68. The molecule has 4 heterocycles. The second-order valence-corrected chi connectivity index (χ2v) is 18.7. The summed E-state index contributed by atoms with van der Waals surface area (Å²) in [6, 6.07) is 3.41. The van der Waals surface area contributed by atoms with E-state index in [4.69, 9.17) is 33.7 Å². The van der Waals surface area contributed by atoms with E-state index in [0.717, 1.165) is 12.1 Å². The van der Waals surface area contributed by atoms with Gasteiger partial charge in [0, 0.05) is 17.4 Å². The number of aromatic nitrogens is 4. The predicted molar refractivity (Wildman–Crippen MR) is 176 cm³/mol. The van der Waals surface area contributed by atoms with Gasteiger partial charge in [-0.2, -0.15) is 4.98 Å². The lowest BCUT2D eigenvalue weighted by molar-refractivity contribution is -0.253. The van der Waals surface area contributed by atoms with Crippen LogP contribution in [0, 0.1) is 0 Å². The Labute approximate surface area is 311 Å². The number of nitrogens with one attached hydrogen (secondary N) is 2. The second kappa shape index (κ2) is 14.2. The van der Waals surface area contributed by atoms with E-state index < -0.39 is 78.7 Å². The van der Waals surface area contributed by atoms with Gasteiger partial charge in [-0.25, -0.2) is 22.9 Å². The molecule has 0 radical (unpaired) electrons. The molecule has 292 valence electrons. The number of allylic oxidation sites excluding steroid dienone is 4. The summed E-state index contributed by atoms with van der Waals surface area (Å²) >= 11 is 12.2. The van der Waals surface area contributed by atoms with Gasteiger partial charge in [-0.3, -0.25) is 32.8 Å². The number of aliphatic hydroxyl groups is 1. The van der Waals surface area contributed by atoms with Crippen LogP contribution in [0.3, 0.4) is 0 Å². The number of rotatable bonds is 12. The minimum atomic E-state index is -6.54. The number of phosphoric ester groups is 2. The number of aliphatic hydroxyl groups excluding tert-OH is 1. The van der Waals surface area contributed by atoms with Crippen molar-refractivity contribution >= 4 is 88.8 Å². The Morgan fingerprint density at radius 2 is 1.65 bits per heavy atom. The van der Waals surface area contributed by atoms with Crippen molar-refractivity contribution in [1.29, 1.82) is 0 Å². The lowest BCUT2D eigenvalue weighted by Gasteiger charge is -2.37. The number of nitrogens with zero attached hydrogens (tertiary/aromatic N) is 3. The molecule has 54 heavy (non-hydrogen) atoms. The third-order valence-corrected chi connectivity index (χ3v) is 14.1. The van der Waals surface area contributed by atoms with Crippen molar-refractivity contribution in [2.24, 2.45) is 4.99 Å². The van der Waals surface area contributed by atoms with Gasteiger partial charge >= 0.3 is 7.82 Å². The normalized spacial score (nSPS) is 25.4. The zero-order valence-corrected chi connectivity index (χ0v) is 32.0. The third kappa shape index (κ3) is 8.57. The van der Waals surface area contributed by atoms with E-state index >= 15 is 0 Å². The van der Waals surface area contributed by atoms with Gasteiger partial charge in [0.25, 0.3) is 29.0 Å². The van der Waals surface area contributed by atoms with Crippen LogP contribution in [0.4, 0.5) is 11.6 Å². The molecule has 5 N–H and O–H groups in total. The van der Waals surface area contributed by atoms with Gasteiger partial charge in [-0.05, 0) is 29.8 Å². The number of aliphatic imine (C=N–C) groups is 1. The molecule has 7 atom stereocenters. The summed E-state index contributed by atoms with van der Waals surface area (Å²) in [4.78, 5) is 90.8. The van der Waals surface area contributed by atoms with Crippen molar-refractivity contribution in [3.8, 4) is 5.75 Å². The summed E-state index contributed by atoms with van der Waals surface area (Å²) in [5, 5.41) is 9.90. The average molecular weight is 873 g/mol. The fourth-order valence-electron chi connectivity index (χ4n) is 5.59. The summed E-state index contributed by atoms with van der Waals surface area (Å²) in [6.07, 6.45) is -2.89. The first-order chi connectivity index (χ1) is 24.9. The number of benzene rings is 1. The largest absolute Gasteiger partial charge is 0.756 e. The fraction of sp³-hybridized carbons (Fsp3) is 0.320. The number of imidazole rings is 1. The van der Waals surface area contributed by atoms with Crippen molar-refractivity contribution in [3.05, 3.63) is 61.7 Å². The highest BCUT2D eigenvalue weighted by Gasteiger charge is 2.41. The molecule has 1 fully saturated rings. The fourth-order valence-corrected chi connectivity index (χ4v) is 11.0. The number of hydrogen-bond donors (Lipinski definition) is 4. The van der Waals surface area contributed by atoms with Gasteiger partial charge in [0.1, 0.15) is 23.8 Å². The van der Waals surface area contributed by atoms with Crippen LogP contribution in [0.25, 0.3) is 11.2 Å². The van der Waals surface area contributed by atoms with Gasteiger partial charge in [-0.1, -0.05) is 37.0 Å². The zero-order chi connectivity index (χ0) is 39.8. The minimum absolute atomic E-state index is 0.00802. The van der Waals surface area contributed by atoms with E-state index in [-0.39, 0.29) is 62.0 Å². The number of ketones is 1. The summed E-state index contributed by atoms with van der Waals surface area (Å²) < 4.78 is 74.9. The molecule has 6 rings (SSSR count). The van der Waals surface area contributed by atoms with Crippen LogP contribution in [0.15, 0.2) is 49.7 Å². The molecule has 1 saturated heterocycles. The number of phosphoric acid groups is 4. The molecule has 23 nitrogen and oxygen atoms in total. The molecule has 2 aliphatic heterocycles. The number of fused-ring (bicyclic) bond motifs is 3. The number of ether oxygens (including phenoxy) is 1. The molecular weight excluding hydrogens is 851 g/mol. The van der Waals surface area contributed by atoms with Crippen LogP contribution in [-0.2, 0) is 50.7 Å². The van der Waals surface area contributed by atoms with E-state index in [1.54, 1.807) is 13.8 Å². The number of nitrogen functional groups attached to an aromatic ring is 1. The Balaban J connectivity index is 1.07. The Morgan fingerprint density at radius 1 is 1.00 bits per heavy atom. The molecule has 6 unspecified atom stereocenters. The highest BCUT2D eigenvalue weighted by atomic mass is 35.5. The van der Waals surface area contributed by atoms with Gasteiger partial charge < -0.3 is 49.2 Å². The number of carbonyl (C=O) groups is 1.